The van der Waals surface area contributed by atoms with Gasteiger partial charge in [-0.05, 0) is 6.92 Å². The van der Waals surface area contributed by atoms with E-state index in [1.807, 2.05) is 4.72 Å². The van der Waals surface area contributed by atoms with Crippen LogP contribution < -0.4 is 4.72 Å². The summed E-state index contributed by atoms with van der Waals surface area (Å²) in [6.45, 7) is 1.51. The SMILES string of the molecule is CC(CBr)(CBr)NS(=O)(=O)C(F)F. The molecule has 0 aromatic rings. The molecule has 0 atom stereocenters. The lowest BCUT2D eigenvalue weighted by atomic mass is 10.1. The van der Waals surface area contributed by atoms with Crippen LogP contribution in [0.3, 0.4) is 0 Å². The third-order valence-corrected chi connectivity index (χ3v) is 4.93. The van der Waals surface area contributed by atoms with Crippen LogP contribution in [0.15, 0.2) is 0 Å². The maximum Gasteiger partial charge on any atom is 0.350 e. The van der Waals surface area contributed by atoms with Crippen LogP contribution in [0, 0.1) is 0 Å². The van der Waals surface area contributed by atoms with Gasteiger partial charge in [0.25, 0.3) is 10.0 Å². The largest absolute Gasteiger partial charge is 0.350 e. The zero-order chi connectivity index (χ0) is 10.7. The van der Waals surface area contributed by atoms with Crippen molar-refractivity contribution < 1.29 is 17.2 Å². The van der Waals surface area contributed by atoms with Gasteiger partial charge in [-0.1, -0.05) is 31.9 Å². The highest BCUT2D eigenvalue weighted by molar-refractivity contribution is 9.09. The molecule has 0 heterocycles. The van der Waals surface area contributed by atoms with Crippen LogP contribution in [-0.2, 0) is 10.0 Å². The van der Waals surface area contributed by atoms with Crippen LogP contribution >= 0.6 is 31.9 Å². The van der Waals surface area contributed by atoms with E-state index in [0.29, 0.717) is 0 Å². The molecule has 1 N–H and O–H groups in total. The van der Waals surface area contributed by atoms with Crippen molar-refractivity contribution in [3.8, 4) is 0 Å². The average molecular weight is 345 g/mol. The fourth-order valence-electron chi connectivity index (χ4n) is 0.478. The lowest BCUT2D eigenvalue weighted by molar-refractivity contribution is 0.230. The Balaban J connectivity index is 4.60. The summed E-state index contributed by atoms with van der Waals surface area (Å²) in [5.41, 5.74) is -0.935. The molecular weight excluding hydrogens is 336 g/mol. The van der Waals surface area contributed by atoms with Gasteiger partial charge in [-0.3, -0.25) is 0 Å². The topological polar surface area (TPSA) is 46.2 Å². The quantitative estimate of drug-likeness (QED) is 0.771. The van der Waals surface area contributed by atoms with E-state index in [4.69, 9.17) is 0 Å². The second-order valence-electron chi connectivity index (χ2n) is 2.74. The van der Waals surface area contributed by atoms with E-state index in [1.165, 1.54) is 6.92 Å². The normalized spacial score (nSPS) is 13.7. The zero-order valence-electron chi connectivity index (χ0n) is 6.73. The van der Waals surface area contributed by atoms with Crippen LogP contribution in [0.4, 0.5) is 8.78 Å². The van der Waals surface area contributed by atoms with Gasteiger partial charge in [-0.25, -0.2) is 13.1 Å². The molecule has 0 rings (SSSR count). The molecule has 8 heteroatoms. The van der Waals surface area contributed by atoms with Crippen molar-refractivity contribution in [3.05, 3.63) is 0 Å². The maximum atomic E-state index is 11.9. The van der Waals surface area contributed by atoms with E-state index in [0.717, 1.165) is 0 Å². The Kier molecular flexibility index (Phi) is 5.27. The predicted octanol–water partition coefficient (Wildman–Crippen LogP) is 1.68. The second-order valence-corrected chi connectivity index (χ2v) is 5.51. The molecule has 0 unspecified atom stereocenters. The van der Waals surface area contributed by atoms with E-state index in [9.17, 15) is 17.2 Å². The second kappa shape index (κ2) is 4.99. The highest BCUT2D eigenvalue weighted by Crippen LogP contribution is 2.15. The molecule has 80 valence electrons. The fourth-order valence-corrected chi connectivity index (χ4v) is 2.98. The van der Waals surface area contributed by atoms with Crippen molar-refractivity contribution in [2.45, 2.75) is 18.2 Å². The minimum atomic E-state index is -4.52. The number of hydrogen-bond donors (Lipinski definition) is 1. The maximum absolute atomic E-state index is 11.9. The summed E-state index contributed by atoms with van der Waals surface area (Å²) in [6.07, 6.45) is 0. The summed E-state index contributed by atoms with van der Waals surface area (Å²) in [5, 5.41) is 0.494. The Morgan fingerprint density at radius 1 is 1.38 bits per heavy atom. The molecule has 0 aliphatic rings. The standard InChI is InChI=1S/C5H9Br2F2NO2S/c1-5(2-6,3-7)10-13(11,12)4(8)9/h4,10H,2-3H2,1H3. The molecule has 0 aliphatic carbocycles. The van der Waals surface area contributed by atoms with Crippen molar-refractivity contribution in [1.29, 1.82) is 0 Å². The Labute approximate surface area is 92.6 Å². The van der Waals surface area contributed by atoms with Crippen LogP contribution in [0.25, 0.3) is 0 Å². The molecule has 0 spiro atoms. The summed E-state index contributed by atoms with van der Waals surface area (Å²) < 4.78 is 47.3. The van der Waals surface area contributed by atoms with Crippen LogP contribution in [-0.4, -0.2) is 30.4 Å². The summed E-state index contributed by atoms with van der Waals surface area (Å²) in [5.74, 6) is -3.40. The van der Waals surface area contributed by atoms with Crippen LogP contribution in [0.1, 0.15) is 6.92 Å². The molecule has 0 aromatic carbocycles. The molecule has 0 fully saturated rings. The first-order valence-corrected chi connectivity index (χ1v) is 6.99. The third kappa shape index (κ3) is 4.18. The monoisotopic (exact) mass is 343 g/mol. The Morgan fingerprint density at radius 3 is 2.00 bits per heavy atom. The summed E-state index contributed by atoms with van der Waals surface area (Å²) in [7, 11) is -4.52. The fraction of sp³-hybridized carbons (Fsp3) is 1.00. The first-order valence-electron chi connectivity index (χ1n) is 3.20. The minimum absolute atomic E-state index is 0.247. The molecule has 0 amide bonds. The van der Waals surface area contributed by atoms with Gasteiger partial charge < -0.3 is 0 Å². The molecule has 0 saturated carbocycles. The van der Waals surface area contributed by atoms with Gasteiger partial charge in [-0.2, -0.15) is 8.78 Å². The van der Waals surface area contributed by atoms with E-state index in [-0.39, 0.29) is 10.7 Å². The number of hydrogen-bond acceptors (Lipinski definition) is 2. The van der Waals surface area contributed by atoms with E-state index in [2.05, 4.69) is 31.9 Å². The Bertz CT molecular complexity index is 253. The Hall–Kier alpha value is 0.730. The summed E-state index contributed by atoms with van der Waals surface area (Å²) in [4.78, 5) is 0. The number of sulfonamides is 1. The Morgan fingerprint density at radius 2 is 1.77 bits per heavy atom. The summed E-state index contributed by atoms with van der Waals surface area (Å²) in [6, 6.07) is 0. The first kappa shape index (κ1) is 13.7. The van der Waals surface area contributed by atoms with E-state index >= 15 is 0 Å². The van der Waals surface area contributed by atoms with Crippen molar-refractivity contribution in [1.82, 2.24) is 4.72 Å². The highest BCUT2D eigenvalue weighted by atomic mass is 79.9. The number of alkyl halides is 4. The molecule has 0 aromatic heterocycles. The molecule has 0 aliphatic heterocycles. The third-order valence-electron chi connectivity index (χ3n) is 1.21. The van der Waals surface area contributed by atoms with Crippen LogP contribution in [0.5, 0.6) is 0 Å². The highest BCUT2D eigenvalue weighted by Gasteiger charge is 2.33. The van der Waals surface area contributed by atoms with Gasteiger partial charge in [0, 0.05) is 16.2 Å². The number of nitrogens with one attached hydrogen (secondary N) is 1. The number of halogens is 4. The predicted molar refractivity (Wildman–Crippen MR) is 54.1 cm³/mol. The molecule has 0 radical (unpaired) electrons. The molecule has 13 heavy (non-hydrogen) atoms. The van der Waals surface area contributed by atoms with Crippen molar-refractivity contribution >= 4 is 41.9 Å². The van der Waals surface area contributed by atoms with Crippen LogP contribution in [0.2, 0.25) is 0 Å². The van der Waals surface area contributed by atoms with Crippen molar-refractivity contribution in [3.63, 3.8) is 0 Å². The van der Waals surface area contributed by atoms with E-state index < -0.39 is 21.3 Å². The lowest BCUT2D eigenvalue weighted by Crippen LogP contribution is -2.50. The van der Waals surface area contributed by atoms with Gasteiger partial charge >= 0.3 is 5.76 Å². The first-order chi connectivity index (χ1) is 5.77. The minimum Gasteiger partial charge on any atom is -0.206 e. The van der Waals surface area contributed by atoms with Gasteiger partial charge in [0.05, 0.1) is 0 Å². The van der Waals surface area contributed by atoms with Gasteiger partial charge in [0.15, 0.2) is 0 Å². The molecule has 3 nitrogen and oxygen atoms in total. The lowest BCUT2D eigenvalue weighted by Gasteiger charge is -2.25. The molecule has 0 bridgehead atoms. The van der Waals surface area contributed by atoms with Gasteiger partial charge in [0.2, 0.25) is 0 Å². The molecule has 0 saturated heterocycles. The van der Waals surface area contributed by atoms with Gasteiger partial charge in [0.1, 0.15) is 0 Å². The van der Waals surface area contributed by atoms with Crippen molar-refractivity contribution in [2.75, 3.05) is 10.7 Å². The van der Waals surface area contributed by atoms with Gasteiger partial charge in [-0.15, -0.1) is 0 Å². The van der Waals surface area contributed by atoms with Crippen molar-refractivity contribution in [2.24, 2.45) is 0 Å². The molecular formula is C5H9Br2F2NO2S. The summed E-state index contributed by atoms with van der Waals surface area (Å²) >= 11 is 6.06. The zero-order valence-corrected chi connectivity index (χ0v) is 10.7. The smallest absolute Gasteiger partial charge is 0.206 e. The number of rotatable bonds is 5. The van der Waals surface area contributed by atoms with E-state index in [1.54, 1.807) is 0 Å². The average Bonchev–Trinajstić information content (AvgIpc) is 2.03.